The van der Waals surface area contributed by atoms with Crippen LogP contribution >= 0.6 is 0 Å². The second-order valence-electron chi connectivity index (χ2n) is 5.79. The van der Waals surface area contributed by atoms with E-state index in [9.17, 15) is 0 Å². The van der Waals surface area contributed by atoms with Gasteiger partial charge in [-0.1, -0.05) is 11.1 Å². The summed E-state index contributed by atoms with van der Waals surface area (Å²) in [5, 5.41) is 18.2. The van der Waals surface area contributed by atoms with Crippen molar-refractivity contribution in [3.8, 4) is 0 Å². The fraction of sp³-hybridized carbons (Fsp3) is 0.833. The fourth-order valence-corrected chi connectivity index (χ4v) is 3.77. The lowest BCUT2D eigenvalue weighted by Crippen LogP contribution is -1.88. The molecule has 4 unspecified atom stereocenters. The van der Waals surface area contributed by atoms with Gasteiger partial charge in [0.05, 0.1) is 0 Å². The third-order valence-electron chi connectivity index (χ3n) is 5.21. The summed E-state index contributed by atoms with van der Waals surface area (Å²) >= 11 is 0. The number of aliphatic hydroxyl groups excluding tert-OH is 2. The summed E-state index contributed by atoms with van der Waals surface area (Å²) in [5.41, 5.74) is 4.37. The molecule has 0 aromatic carbocycles. The summed E-state index contributed by atoms with van der Waals surface area (Å²) in [6.07, 6.45) is 5.02. The highest BCUT2D eigenvalue weighted by Crippen LogP contribution is 2.84. The van der Waals surface area contributed by atoms with Gasteiger partial charge >= 0.3 is 0 Å². The van der Waals surface area contributed by atoms with E-state index in [1.54, 1.807) is 11.1 Å². The van der Waals surface area contributed by atoms with E-state index < -0.39 is 0 Å². The molecule has 2 N–H and O–H groups in total. The predicted molar refractivity (Wildman–Crippen MR) is 51.5 cm³/mol. The van der Waals surface area contributed by atoms with Crippen molar-refractivity contribution in [1.29, 1.82) is 0 Å². The van der Waals surface area contributed by atoms with Gasteiger partial charge in [0.15, 0.2) is 0 Å². The minimum absolute atomic E-state index is 0.382. The lowest BCUT2D eigenvalue weighted by Gasteiger charge is -1.87. The van der Waals surface area contributed by atoms with Crippen molar-refractivity contribution in [2.45, 2.75) is 25.7 Å². The minimum atomic E-state index is 0.382. The Bertz CT molecular complexity index is 325. The van der Waals surface area contributed by atoms with Gasteiger partial charge in [-0.25, -0.2) is 0 Å². The summed E-state index contributed by atoms with van der Waals surface area (Å²) in [6, 6.07) is 0. The molecule has 4 rings (SSSR count). The molecule has 0 amide bonds. The summed E-state index contributed by atoms with van der Waals surface area (Å²) in [5.74, 6) is 1.18. The maximum absolute atomic E-state index is 9.08. The number of aliphatic hydroxyl groups is 2. The van der Waals surface area contributed by atoms with E-state index in [1.807, 2.05) is 0 Å². The van der Waals surface area contributed by atoms with Crippen LogP contribution in [-0.2, 0) is 0 Å². The monoisotopic (exact) mass is 192 g/mol. The van der Waals surface area contributed by atoms with Crippen LogP contribution in [0.15, 0.2) is 11.1 Å². The minimum Gasteiger partial charge on any atom is -0.396 e. The van der Waals surface area contributed by atoms with Crippen LogP contribution in [0.5, 0.6) is 0 Å². The number of rotatable bonds is 2. The summed E-state index contributed by atoms with van der Waals surface area (Å²) in [6.45, 7) is 0.764. The average molecular weight is 192 g/mol. The smallest absolute Gasteiger partial charge is 0.0468 e. The summed E-state index contributed by atoms with van der Waals surface area (Å²) in [4.78, 5) is 0. The van der Waals surface area contributed by atoms with E-state index in [0.717, 1.165) is 0 Å². The predicted octanol–water partition coefficient (Wildman–Crippen LogP) is 1.09. The van der Waals surface area contributed by atoms with Gasteiger partial charge in [-0.3, -0.25) is 0 Å². The first kappa shape index (κ1) is 7.89. The second kappa shape index (κ2) is 1.96. The first-order valence-corrected chi connectivity index (χ1v) is 5.71. The zero-order valence-corrected chi connectivity index (χ0v) is 8.29. The molecule has 0 aromatic heterocycles. The molecule has 4 aliphatic carbocycles. The molecule has 0 saturated heterocycles. The highest BCUT2D eigenvalue weighted by Gasteiger charge is 2.75. The van der Waals surface area contributed by atoms with Gasteiger partial charge in [0.25, 0.3) is 0 Å². The van der Waals surface area contributed by atoms with Crippen LogP contribution in [0.4, 0.5) is 0 Å². The molecular formula is C12H16O2. The highest BCUT2D eigenvalue weighted by molar-refractivity contribution is 5.56. The molecule has 0 aliphatic heterocycles. The van der Waals surface area contributed by atoms with Crippen molar-refractivity contribution in [2.24, 2.45) is 22.7 Å². The van der Waals surface area contributed by atoms with Crippen molar-refractivity contribution in [3.63, 3.8) is 0 Å². The molecule has 4 aliphatic rings. The van der Waals surface area contributed by atoms with Crippen LogP contribution in [0.1, 0.15) is 25.7 Å². The third kappa shape index (κ3) is 0.695. The molecule has 4 atom stereocenters. The van der Waals surface area contributed by atoms with Gasteiger partial charge in [-0.15, -0.1) is 0 Å². The second-order valence-corrected chi connectivity index (χ2v) is 5.79. The van der Waals surface area contributed by atoms with Crippen LogP contribution in [-0.4, -0.2) is 23.4 Å². The van der Waals surface area contributed by atoms with Crippen molar-refractivity contribution >= 4 is 0 Å². The molecule has 0 bridgehead atoms. The number of allylic oxidation sites excluding steroid dienone is 2. The van der Waals surface area contributed by atoms with E-state index in [-0.39, 0.29) is 0 Å². The normalized spacial score (nSPS) is 62.1. The Balaban J connectivity index is 1.56. The Morgan fingerprint density at radius 1 is 0.929 bits per heavy atom. The first-order chi connectivity index (χ1) is 6.77. The highest BCUT2D eigenvalue weighted by atomic mass is 16.3. The topological polar surface area (TPSA) is 40.5 Å². The number of hydrogen-bond donors (Lipinski definition) is 2. The largest absolute Gasteiger partial charge is 0.396 e. The Kier molecular flexibility index (Phi) is 1.10. The van der Waals surface area contributed by atoms with Gasteiger partial charge in [0.2, 0.25) is 0 Å². The molecule has 0 heterocycles. The van der Waals surface area contributed by atoms with Crippen LogP contribution in [0.3, 0.4) is 0 Å². The molecule has 4 fully saturated rings. The lowest BCUT2D eigenvalue weighted by molar-refractivity contribution is 0.267. The first-order valence-electron chi connectivity index (χ1n) is 5.71. The van der Waals surface area contributed by atoms with E-state index in [4.69, 9.17) is 10.2 Å². The van der Waals surface area contributed by atoms with Crippen LogP contribution in [0, 0.1) is 22.7 Å². The van der Waals surface area contributed by atoms with E-state index in [0.29, 0.717) is 35.9 Å². The zero-order valence-electron chi connectivity index (χ0n) is 8.29. The maximum atomic E-state index is 9.08. The average Bonchev–Trinajstić information content (AvgIpc) is 3.09. The Hall–Kier alpha value is -0.340. The van der Waals surface area contributed by atoms with Crippen molar-refractivity contribution in [1.82, 2.24) is 0 Å². The van der Waals surface area contributed by atoms with Gasteiger partial charge in [-0.05, 0) is 37.5 Å². The van der Waals surface area contributed by atoms with Crippen molar-refractivity contribution in [2.75, 3.05) is 13.2 Å². The number of hydrogen-bond acceptors (Lipinski definition) is 2. The molecule has 0 radical (unpaired) electrons. The van der Waals surface area contributed by atoms with E-state index in [2.05, 4.69) is 0 Å². The van der Waals surface area contributed by atoms with Crippen LogP contribution in [0.25, 0.3) is 0 Å². The van der Waals surface area contributed by atoms with E-state index >= 15 is 0 Å². The molecule has 2 spiro atoms. The van der Waals surface area contributed by atoms with E-state index in [1.165, 1.54) is 25.7 Å². The van der Waals surface area contributed by atoms with Gasteiger partial charge < -0.3 is 10.2 Å². The maximum Gasteiger partial charge on any atom is 0.0468 e. The summed E-state index contributed by atoms with van der Waals surface area (Å²) < 4.78 is 0. The molecule has 76 valence electrons. The molecule has 4 saturated carbocycles. The van der Waals surface area contributed by atoms with Gasteiger partial charge in [0.1, 0.15) is 0 Å². The SMILES string of the molecule is OCC1CC12C/C2=C1\CC12CC2CO. The fourth-order valence-electron chi connectivity index (χ4n) is 3.77. The molecular weight excluding hydrogens is 176 g/mol. The molecule has 2 heteroatoms. The van der Waals surface area contributed by atoms with Crippen LogP contribution in [0.2, 0.25) is 0 Å². The molecule has 14 heavy (non-hydrogen) atoms. The standard InChI is InChI=1S/C12H16O2/c13-5-7-1-11(7)3-9(11)10-4-12(10)2-8(12)6-14/h7-8,13-14H,1-6H2/b10-9-. The zero-order chi connectivity index (χ0) is 9.55. The molecule has 2 nitrogen and oxygen atoms in total. The van der Waals surface area contributed by atoms with Gasteiger partial charge in [0, 0.05) is 24.0 Å². The van der Waals surface area contributed by atoms with Crippen molar-refractivity contribution < 1.29 is 10.2 Å². The summed E-state index contributed by atoms with van der Waals surface area (Å²) in [7, 11) is 0. The van der Waals surface area contributed by atoms with Crippen molar-refractivity contribution in [3.05, 3.63) is 11.1 Å². The van der Waals surface area contributed by atoms with Gasteiger partial charge in [-0.2, -0.15) is 0 Å². The quantitative estimate of drug-likeness (QED) is 0.643. The lowest BCUT2D eigenvalue weighted by atomic mass is 10.2. The molecule has 0 aromatic rings. The Morgan fingerprint density at radius 2 is 1.36 bits per heavy atom. The van der Waals surface area contributed by atoms with Crippen LogP contribution < -0.4 is 0 Å². The Morgan fingerprint density at radius 3 is 1.64 bits per heavy atom. The third-order valence-corrected chi connectivity index (χ3v) is 5.21. The Labute approximate surface area is 83.6 Å².